The van der Waals surface area contributed by atoms with Gasteiger partial charge in [-0.1, -0.05) is 0 Å². The number of ether oxygens (including phenoxy) is 15. The molecular weight excluding hydrogens is 624 g/mol. The lowest BCUT2D eigenvalue weighted by molar-refractivity contribution is -0.0732. The van der Waals surface area contributed by atoms with Crippen LogP contribution in [-0.4, -0.2) is 198 Å². The number of hydrogen-bond acceptors (Lipinski definition) is 15. The van der Waals surface area contributed by atoms with Crippen LogP contribution in [0.1, 0.15) is 13.8 Å². The summed E-state index contributed by atoms with van der Waals surface area (Å²) in [5.41, 5.74) is 0. The normalized spacial score (nSPS) is 13.7. The van der Waals surface area contributed by atoms with Crippen molar-refractivity contribution >= 4 is 0 Å². The van der Waals surface area contributed by atoms with Crippen LogP contribution in [0.4, 0.5) is 0 Å². The first-order valence-corrected chi connectivity index (χ1v) is 16.6. The summed E-state index contributed by atoms with van der Waals surface area (Å²) in [7, 11) is 4.92. The average Bonchev–Trinajstić information content (AvgIpc) is 3.07. The molecule has 0 aromatic carbocycles. The molecular formula is C32H66O15. The first-order chi connectivity index (χ1) is 23.1. The molecule has 0 aromatic rings. The van der Waals surface area contributed by atoms with Crippen molar-refractivity contribution in [1.82, 2.24) is 0 Å². The smallest absolute Gasteiger partial charge is 0.104 e. The lowest BCUT2D eigenvalue weighted by Gasteiger charge is -2.18. The Kier molecular flexibility index (Phi) is 39.3. The summed E-state index contributed by atoms with van der Waals surface area (Å²) in [4.78, 5) is 0. The molecule has 0 aliphatic carbocycles. The second kappa shape index (κ2) is 39.8. The van der Waals surface area contributed by atoms with Gasteiger partial charge in [-0.2, -0.15) is 0 Å². The molecule has 0 rings (SSSR count). The minimum absolute atomic E-state index is 0.0345. The maximum Gasteiger partial charge on any atom is 0.104 e. The highest BCUT2D eigenvalue weighted by molar-refractivity contribution is 4.54. The summed E-state index contributed by atoms with van der Waals surface area (Å²) in [5.74, 6) is 0. The third-order valence-corrected chi connectivity index (χ3v) is 6.00. The van der Waals surface area contributed by atoms with E-state index < -0.39 is 0 Å². The maximum atomic E-state index is 5.79. The molecule has 0 aliphatic rings. The van der Waals surface area contributed by atoms with E-state index in [1.807, 2.05) is 13.8 Å². The van der Waals surface area contributed by atoms with Crippen molar-refractivity contribution in [1.29, 1.82) is 0 Å². The van der Waals surface area contributed by atoms with Crippen LogP contribution in [-0.2, 0) is 71.1 Å². The predicted octanol–water partition coefficient (Wildman–Crippen LogP) is 1.27. The highest BCUT2D eigenvalue weighted by Crippen LogP contribution is 1.98. The molecule has 3 unspecified atom stereocenters. The van der Waals surface area contributed by atoms with Crippen molar-refractivity contribution in [3.05, 3.63) is 0 Å². The first kappa shape index (κ1) is 46.4. The number of rotatable bonds is 41. The lowest BCUT2D eigenvalue weighted by Crippen LogP contribution is -2.25. The van der Waals surface area contributed by atoms with Crippen LogP contribution in [0, 0.1) is 0 Å². The summed E-state index contributed by atoms with van der Waals surface area (Å²) < 4.78 is 81.5. The van der Waals surface area contributed by atoms with E-state index >= 15 is 0 Å². The summed E-state index contributed by atoms with van der Waals surface area (Å²) in [6.07, 6.45) is -0.135. The van der Waals surface area contributed by atoms with E-state index in [2.05, 4.69) is 0 Å². The highest BCUT2D eigenvalue weighted by Gasteiger charge is 2.08. The van der Waals surface area contributed by atoms with Gasteiger partial charge in [0.05, 0.1) is 171 Å². The SMILES string of the molecule is COCCOCCOCCOCCOC(C)COC(C)COCCOCCOCCOCCOCCOCCOCC(COC)OC. The maximum absolute atomic E-state index is 5.79. The minimum Gasteiger partial charge on any atom is -0.382 e. The van der Waals surface area contributed by atoms with Gasteiger partial charge in [-0.05, 0) is 13.8 Å². The van der Waals surface area contributed by atoms with Gasteiger partial charge < -0.3 is 71.1 Å². The van der Waals surface area contributed by atoms with Crippen LogP contribution in [0.2, 0.25) is 0 Å². The van der Waals surface area contributed by atoms with Gasteiger partial charge >= 0.3 is 0 Å². The zero-order chi connectivity index (χ0) is 34.3. The molecule has 0 saturated carbocycles. The molecule has 0 N–H and O–H groups in total. The van der Waals surface area contributed by atoms with Crippen molar-refractivity contribution in [3.8, 4) is 0 Å². The Hall–Kier alpha value is -0.600. The summed E-state index contributed by atoms with van der Waals surface area (Å²) in [6.45, 7) is 16.2. The molecule has 3 atom stereocenters. The largest absolute Gasteiger partial charge is 0.382 e. The van der Waals surface area contributed by atoms with Gasteiger partial charge in [0, 0.05) is 21.3 Å². The van der Waals surface area contributed by atoms with E-state index in [1.165, 1.54) is 0 Å². The molecule has 0 heterocycles. The molecule has 47 heavy (non-hydrogen) atoms. The second-order valence-electron chi connectivity index (χ2n) is 10.2. The van der Waals surface area contributed by atoms with Crippen LogP contribution in [0.25, 0.3) is 0 Å². The molecule has 0 radical (unpaired) electrons. The molecule has 0 amide bonds. The van der Waals surface area contributed by atoms with Crippen molar-refractivity contribution in [3.63, 3.8) is 0 Å². The van der Waals surface area contributed by atoms with Crippen molar-refractivity contribution in [2.45, 2.75) is 32.2 Å². The molecule has 15 nitrogen and oxygen atoms in total. The molecule has 0 fully saturated rings. The molecule has 0 aromatic heterocycles. The molecule has 284 valence electrons. The Morgan fingerprint density at radius 2 is 0.638 bits per heavy atom. The van der Waals surface area contributed by atoms with Gasteiger partial charge in [0.2, 0.25) is 0 Å². The minimum atomic E-state index is -0.0608. The van der Waals surface area contributed by atoms with Crippen LogP contribution in [0.15, 0.2) is 0 Å². The Bertz CT molecular complexity index is 579. The average molecular weight is 691 g/mol. The fraction of sp³-hybridized carbons (Fsp3) is 1.00. The van der Waals surface area contributed by atoms with Crippen molar-refractivity contribution in [2.75, 3.05) is 180 Å². The summed E-state index contributed by atoms with van der Waals surface area (Å²) >= 11 is 0. The predicted molar refractivity (Wildman–Crippen MR) is 174 cm³/mol. The van der Waals surface area contributed by atoms with Gasteiger partial charge in [-0.15, -0.1) is 0 Å². The van der Waals surface area contributed by atoms with Gasteiger partial charge in [0.1, 0.15) is 6.10 Å². The number of hydrogen-bond donors (Lipinski definition) is 0. The van der Waals surface area contributed by atoms with Gasteiger partial charge in [0.25, 0.3) is 0 Å². The Morgan fingerprint density at radius 3 is 1.02 bits per heavy atom. The molecule has 0 bridgehead atoms. The molecule has 0 saturated heterocycles. The first-order valence-electron chi connectivity index (χ1n) is 16.6. The van der Waals surface area contributed by atoms with Crippen LogP contribution >= 0.6 is 0 Å². The Morgan fingerprint density at radius 1 is 0.298 bits per heavy atom. The van der Waals surface area contributed by atoms with Crippen molar-refractivity contribution < 1.29 is 71.1 Å². The van der Waals surface area contributed by atoms with Gasteiger partial charge in [-0.25, -0.2) is 0 Å². The third-order valence-electron chi connectivity index (χ3n) is 6.00. The second-order valence-corrected chi connectivity index (χ2v) is 10.2. The Labute approximate surface area is 283 Å². The summed E-state index contributed by atoms with van der Waals surface area (Å²) in [5, 5.41) is 0. The molecule has 15 heteroatoms. The fourth-order valence-corrected chi connectivity index (χ4v) is 3.44. The van der Waals surface area contributed by atoms with E-state index in [1.54, 1.807) is 21.3 Å². The topological polar surface area (TPSA) is 138 Å². The quantitative estimate of drug-likeness (QED) is 0.0851. The zero-order valence-corrected chi connectivity index (χ0v) is 29.8. The van der Waals surface area contributed by atoms with E-state index in [-0.39, 0.29) is 18.3 Å². The monoisotopic (exact) mass is 690 g/mol. The van der Waals surface area contributed by atoms with E-state index in [9.17, 15) is 0 Å². The van der Waals surface area contributed by atoms with Gasteiger partial charge in [-0.3, -0.25) is 0 Å². The van der Waals surface area contributed by atoms with Crippen LogP contribution in [0.3, 0.4) is 0 Å². The third kappa shape index (κ3) is 38.1. The molecule has 0 aliphatic heterocycles. The highest BCUT2D eigenvalue weighted by atomic mass is 16.6. The number of methoxy groups -OCH3 is 3. The van der Waals surface area contributed by atoms with Crippen molar-refractivity contribution in [2.24, 2.45) is 0 Å². The fourth-order valence-electron chi connectivity index (χ4n) is 3.44. The summed E-state index contributed by atoms with van der Waals surface area (Å²) in [6, 6.07) is 0. The van der Waals surface area contributed by atoms with Crippen LogP contribution in [0.5, 0.6) is 0 Å². The van der Waals surface area contributed by atoms with E-state index in [0.717, 1.165) is 0 Å². The van der Waals surface area contributed by atoms with Crippen LogP contribution < -0.4 is 0 Å². The van der Waals surface area contributed by atoms with E-state index in [4.69, 9.17) is 71.1 Å². The Balaban J connectivity index is 3.26. The standard InChI is InChI=1S/C32H66O15/c1-30(47-27-31(2)46-25-24-43-19-18-37-9-8-36-7-6-33-3)26-44-22-20-41-16-14-39-12-10-38-11-13-40-15-17-42-21-23-45-29-32(35-5)28-34-4/h30-32H,6-29H2,1-5H3. The van der Waals surface area contributed by atoms with Gasteiger partial charge in [0.15, 0.2) is 0 Å². The zero-order valence-electron chi connectivity index (χ0n) is 29.8. The van der Waals surface area contributed by atoms with E-state index in [0.29, 0.717) is 159 Å². The lowest BCUT2D eigenvalue weighted by atomic mass is 10.4. The molecule has 0 spiro atoms.